The van der Waals surface area contributed by atoms with E-state index in [0.29, 0.717) is 36.8 Å². The first-order valence-corrected chi connectivity index (χ1v) is 12.6. The van der Waals surface area contributed by atoms with Gasteiger partial charge in [-0.25, -0.2) is 8.78 Å². The number of hydrogen-bond donors (Lipinski definition) is 1. The van der Waals surface area contributed by atoms with Crippen LogP contribution in [0.4, 0.5) is 8.78 Å². The van der Waals surface area contributed by atoms with Crippen molar-refractivity contribution in [2.75, 3.05) is 6.54 Å². The lowest BCUT2D eigenvalue weighted by Crippen LogP contribution is -2.31. The molecule has 1 aliphatic carbocycles. The van der Waals surface area contributed by atoms with Crippen LogP contribution in [0, 0.1) is 17.3 Å². The fraction of sp³-hybridized carbons (Fsp3) is 0.654. The molecular weight excluding hydrogens is 458 g/mol. The highest BCUT2D eigenvalue weighted by atomic mass is 35.5. The van der Waals surface area contributed by atoms with Gasteiger partial charge in [0.25, 0.3) is 11.8 Å². The average molecular weight is 495 g/mol. The minimum absolute atomic E-state index is 0.0619. The fourth-order valence-electron chi connectivity index (χ4n) is 4.62. The summed E-state index contributed by atoms with van der Waals surface area (Å²) in [5.74, 6) is -2.31. The van der Waals surface area contributed by atoms with Crippen LogP contribution in [0.15, 0.2) is 12.3 Å². The Morgan fingerprint density at radius 3 is 2.41 bits per heavy atom. The van der Waals surface area contributed by atoms with Crippen molar-refractivity contribution in [2.45, 2.75) is 86.1 Å². The Labute approximate surface area is 206 Å². The number of rotatable bonds is 7. The van der Waals surface area contributed by atoms with Gasteiger partial charge in [-0.05, 0) is 49.5 Å². The molecule has 0 saturated heterocycles. The van der Waals surface area contributed by atoms with E-state index in [1.54, 1.807) is 0 Å². The monoisotopic (exact) mass is 494 g/mol. The third kappa shape index (κ3) is 6.35. The van der Waals surface area contributed by atoms with Crippen LogP contribution in [0.2, 0.25) is 5.02 Å². The van der Waals surface area contributed by atoms with E-state index in [1.807, 2.05) is 27.7 Å². The van der Waals surface area contributed by atoms with Crippen LogP contribution in [0.25, 0.3) is 11.3 Å². The van der Waals surface area contributed by atoms with Crippen molar-refractivity contribution in [2.24, 2.45) is 17.3 Å². The molecule has 188 valence electrons. The number of nitrogens with one attached hydrogen (secondary N) is 1. The molecule has 2 heterocycles. The Morgan fingerprint density at radius 1 is 1.21 bits per heavy atom. The Morgan fingerprint density at radius 2 is 1.85 bits per heavy atom. The molecule has 0 atom stereocenters. The molecule has 8 heteroatoms. The lowest BCUT2D eigenvalue weighted by molar-refractivity contribution is 0.0178. The van der Waals surface area contributed by atoms with Crippen molar-refractivity contribution in [1.29, 1.82) is 0 Å². The number of carbonyl (C=O) groups excluding carboxylic acids is 1. The maximum atomic E-state index is 14.7. The van der Waals surface area contributed by atoms with E-state index >= 15 is 0 Å². The van der Waals surface area contributed by atoms with Gasteiger partial charge in [-0.3, -0.25) is 14.5 Å². The summed E-state index contributed by atoms with van der Waals surface area (Å²) >= 11 is 6.63. The molecule has 1 N–H and O–H groups in total. The smallest absolute Gasteiger partial charge is 0.273 e. The van der Waals surface area contributed by atoms with Crippen LogP contribution < -0.4 is 5.32 Å². The molecule has 1 amide bonds. The highest BCUT2D eigenvalue weighted by Gasteiger charge is 2.33. The summed E-state index contributed by atoms with van der Waals surface area (Å²) in [5, 5.41) is 7.42. The molecule has 3 rings (SSSR count). The van der Waals surface area contributed by atoms with E-state index in [9.17, 15) is 13.6 Å². The van der Waals surface area contributed by atoms with Crippen LogP contribution in [0.5, 0.6) is 0 Å². The molecule has 2 aromatic heterocycles. The largest absolute Gasteiger partial charge is 0.350 e. The zero-order valence-corrected chi connectivity index (χ0v) is 21.9. The number of amides is 1. The van der Waals surface area contributed by atoms with E-state index < -0.39 is 5.92 Å². The normalized spacial score (nSPS) is 19.3. The Kier molecular flexibility index (Phi) is 8.06. The lowest BCUT2D eigenvalue weighted by atomic mass is 9.83. The summed E-state index contributed by atoms with van der Waals surface area (Å²) in [6.45, 7) is 12.0. The summed E-state index contributed by atoms with van der Waals surface area (Å²) in [6.07, 6.45) is 6.51. The summed E-state index contributed by atoms with van der Waals surface area (Å²) in [4.78, 5) is 17.4. The van der Waals surface area contributed by atoms with Crippen LogP contribution in [-0.4, -0.2) is 27.2 Å². The number of pyridine rings is 1. The summed E-state index contributed by atoms with van der Waals surface area (Å²) in [7, 11) is 0. The first kappa shape index (κ1) is 26.6. The van der Waals surface area contributed by atoms with Crippen LogP contribution in [0.3, 0.4) is 0 Å². The Balaban J connectivity index is 1.93. The number of aromatic nitrogens is 3. The molecule has 5 nitrogen and oxygen atoms in total. The summed E-state index contributed by atoms with van der Waals surface area (Å²) in [5.41, 5.74) is 0.885. The van der Waals surface area contributed by atoms with Crippen molar-refractivity contribution >= 4 is 17.5 Å². The minimum atomic E-state index is -3.11. The molecule has 1 saturated carbocycles. The topological polar surface area (TPSA) is 59.8 Å². The number of carbonyl (C=O) groups is 1. The molecule has 1 aliphatic rings. The third-order valence-corrected chi connectivity index (χ3v) is 6.85. The molecule has 2 aromatic rings. The van der Waals surface area contributed by atoms with Crippen molar-refractivity contribution in [3.05, 3.63) is 34.2 Å². The van der Waals surface area contributed by atoms with Crippen LogP contribution >= 0.6 is 11.6 Å². The molecule has 0 unspecified atom stereocenters. The van der Waals surface area contributed by atoms with Gasteiger partial charge < -0.3 is 5.32 Å². The number of nitrogens with zero attached hydrogens (tertiary/aromatic N) is 3. The third-order valence-electron chi connectivity index (χ3n) is 6.50. The molecular formula is C26H37ClF2N4O. The molecule has 0 aliphatic heterocycles. The van der Waals surface area contributed by atoms with Gasteiger partial charge in [-0.2, -0.15) is 5.10 Å². The summed E-state index contributed by atoms with van der Waals surface area (Å²) in [6, 6.07) is 1.45. The van der Waals surface area contributed by atoms with E-state index in [4.69, 9.17) is 11.6 Å². The second-order valence-electron chi connectivity index (χ2n) is 11.0. The number of hydrogen-bond acceptors (Lipinski definition) is 3. The molecule has 1 fully saturated rings. The van der Waals surface area contributed by atoms with Gasteiger partial charge >= 0.3 is 0 Å². The van der Waals surface area contributed by atoms with Crippen LogP contribution in [0.1, 0.15) is 89.0 Å². The predicted octanol–water partition coefficient (Wildman–Crippen LogP) is 6.87. The van der Waals surface area contributed by atoms with Crippen molar-refractivity contribution in [3.8, 4) is 11.3 Å². The molecule has 0 spiro atoms. The highest BCUT2D eigenvalue weighted by Crippen LogP contribution is 2.40. The maximum Gasteiger partial charge on any atom is 0.273 e. The lowest BCUT2D eigenvalue weighted by Gasteiger charge is -2.26. The van der Waals surface area contributed by atoms with Gasteiger partial charge in [0.15, 0.2) is 5.69 Å². The van der Waals surface area contributed by atoms with E-state index in [1.165, 1.54) is 29.8 Å². The highest BCUT2D eigenvalue weighted by molar-refractivity contribution is 6.36. The van der Waals surface area contributed by atoms with Gasteiger partial charge in [0.1, 0.15) is 0 Å². The zero-order valence-electron chi connectivity index (χ0n) is 21.1. The zero-order chi connectivity index (χ0) is 25.3. The van der Waals surface area contributed by atoms with Crippen molar-refractivity contribution in [1.82, 2.24) is 20.1 Å². The minimum Gasteiger partial charge on any atom is -0.350 e. The SMILES string of the molecule is CCn1nc(C(=O)NCC2CCC(C)CC2)c(Cl)c1-c1cnc(CC(C)(C)C)cc1C(C)(F)F. The first-order chi connectivity index (χ1) is 15.8. The summed E-state index contributed by atoms with van der Waals surface area (Å²) < 4.78 is 31.0. The van der Waals surface area contributed by atoms with Gasteiger partial charge in [0, 0.05) is 43.0 Å². The number of aryl methyl sites for hydroxylation is 1. The Bertz CT molecular complexity index is 1020. The predicted molar refractivity (Wildman–Crippen MR) is 132 cm³/mol. The van der Waals surface area contributed by atoms with Crippen molar-refractivity contribution < 1.29 is 13.6 Å². The molecule has 0 aromatic carbocycles. The second kappa shape index (κ2) is 10.3. The quantitative estimate of drug-likeness (QED) is 0.456. The Hall–Kier alpha value is -2.02. The van der Waals surface area contributed by atoms with Crippen molar-refractivity contribution in [3.63, 3.8) is 0 Å². The van der Waals surface area contributed by atoms with Gasteiger partial charge in [0.05, 0.1) is 10.7 Å². The molecule has 34 heavy (non-hydrogen) atoms. The van der Waals surface area contributed by atoms with Gasteiger partial charge in [-0.1, -0.05) is 52.1 Å². The first-order valence-electron chi connectivity index (χ1n) is 12.2. The second-order valence-corrected chi connectivity index (χ2v) is 11.4. The fourth-order valence-corrected chi connectivity index (χ4v) is 4.94. The average Bonchev–Trinajstić information content (AvgIpc) is 3.07. The van der Waals surface area contributed by atoms with E-state index in [0.717, 1.165) is 25.7 Å². The van der Waals surface area contributed by atoms with Crippen LogP contribution in [-0.2, 0) is 18.9 Å². The van der Waals surface area contributed by atoms with E-state index in [-0.39, 0.29) is 33.2 Å². The standard InChI is InChI=1S/C26H37ClF2N4O/c1-7-33-23(19-15-30-18(13-25(3,4)5)12-20(19)26(6,28)29)21(27)22(32-33)24(34)31-14-17-10-8-16(2)9-11-17/h12,15-17H,7-11,13-14H2,1-6H3,(H,31,34). The maximum absolute atomic E-state index is 14.7. The molecule has 0 radical (unpaired) electrons. The van der Waals surface area contributed by atoms with Gasteiger partial charge in [-0.15, -0.1) is 0 Å². The molecule has 0 bridgehead atoms. The van der Waals surface area contributed by atoms with Gasteiger partial charge in [0.2, 0.25) is 0 Å². The van der Waals surface area contributed by atoms with E-state index in [2.05, 4.69) is 22.3 Å². The number of alkyl halides is 2. The number of halogens is 3.